The van der Waals surface area contributed by atoms with Gasteiger partial charge in [-0.15, -0.1) is 0 Å². The van der Waals surface area contributed by atoms with Gasteiger partial charge in [0, 0.05) is 17.1 Å². The Morgan fingerprint density at radius 2 is 2.11 bits per heavy atom. The molecule has 0 heterocycles. The third kappa shape index (κ3) is 3.31. The Balaban J connectivity index is 2.27. The molecule has 0 saturated heterocycles. The van der Waals surface area contributed by atoms with Crippen LogP contribution < -0.4 is 4.72 Å². The predicted molar refractivity (Wildman–Crippen MR) is 73.3 cm³/mol. The van der Waals surface area contributed by atoms with E-state index in [2.05, 4.69) is 20.7 Å². The molecular formula is C11H13BrN2O4S. The van der Waals surface area contributed by atoms with Crippen LogP contribution >= 0.6 is 15.9 Å². The fraction of sp³-hybridized carbons (Fsp3) is 0.455. The maximum atomic E-state index is 12.1. The zero-order chi connectivity index (χ0) is 14.0. The summed E-state index contributed by atoms with van der Waals surface area (Å²) in [5, 5.41) is 10.9. The summed E-state index contributed by atoms with van der Waals surface area (Å²) in [4.78, 5) is 9.89. The summed E-state index contributed by atoms with van der Waals surface area (Å²) < 4.78 is 27.2. The lowest BCUT2D eigenvalue weighted by Crippen LogP contribution is -2.32. The molecule has 0 aromatic heterocycles. The van der Waals surface area contributed by atoms with Gasteiger partial charge in [0.05, 0.1) is 4.92 Å². The van der Waals surface area contributed by atoms with Crippen LogP contribution in [0.2, 0.25) is 0 Å². The Labute approximate surface area is 119 Å². The number of benzene rings is 1. The van der Waals surface area contributed by atoms with Gasteiger partial charge in [-0.05, 0) is 30.9 Å². The Kier molecular flexibility index (Phi) is 4.22. The second-order valence-corrected chi connectivity index (χ2v) is 7.17. The Morgan fingerprint density at radius 3 is 2.63 bits per heavy atom. The number of nitrogens with one attached hydrogen (secondary N) is 1. The minimum atomic E-state index is -3.85. The van der Waals surface area contributed by atoms with E-state index in [1.807, 2.05) is 0 Å². The molecule has 0 atom stereocenters. The van der Waals surface area contributed by atoms with E-state index in [1.165, 1.54) is 18.2 Å². The summed E-state index contributed by atoms with van der Waals surface area (Å²) >= 11 is 3.13. The molecule has 2 rings (SSSR count). The molecule has 1 saturated carbocycles. The standard InChI is InChI=1S/C11H13BrN2O4S/c12-9-4-5-10(14(15)16)11(6-9)19(17,18)13-7-8-2-1-3-8/h4-6,8,13H,1-3,7H2. The van der Waals surface area contributed by atoms with Crippen LogP contribution in [-0.2, 0) is 10.0 Å². The molecule has 0 bridgehead atoms. The van der Waals surface area contributed by atoms with Crippen LogP contribution in [0.15, 0.2) is 27.6 Å². The van der Waals surface area contributed by atoms with Crippen molar-refractivity contribution in [2.45, 2.75) is 24.2 Å². The first kappa shape index (κ1) is 14.4. The molecular weight excluding hydrogens is 336 g/mol. The highest BCUT2D eigenvalue weighted by molar-refractivity contribution is 9.10. The van der Waals surface area contributed by atoms with Gasteiger partial charge < -0.3 is 0 Å². The average molecular weight is 349 g/mol. The number of hydrogen-bond acceptors (Lipinski definition) is 4. The van der Waals surface area contributed by atoms with Crippen LogP contribution in [0.5, 0.6) is 0 Å². The number of halogens is 1. The number of nitrogens with zero attached hydrogens (tertiary/aromatic N) is 1. The number of sulfonamides is 1. The first-order valence-electron chi connectivity index (χ1n) is 5.84. The molecule has 0 spiro atoms. The van der Waals surface area contributed by atoms with Gasteiger partial charge in [-0.1, -0.05) is 22.4 Å². The van der Waals surface area contributed by atoms with Crippen molar-refractivity contribution in [2.24, 2.45) is 5.92 Å². The van der Waals surface area contributed by atoms with E-state index in [-0.39, 0.29) is 4.90 Å². The van der Waals surface area contributed by atoms with Gasteiger partial charge in [0.2, 0.25) is 10.0 Å². The molecule has 1 aliphatic carbocycles. The van der Waals surface area contributed by atoms with Crippen molar-refractivity contribution in [3.63, 3.8) is 0 Å². The van der Waals surface area contributed by atoms with Crippen LogP contribution in [0.3, 0.4) is 0 Å². The number of hydrogen-bond donors (Lipinski definition) is 1. The zero-order valence-corrected chi connectivity index (χ0v) is 12.4. The van der Waals surface area contributed by atoms with Crippen molar-refractivity contribution in [1.29, 1.82) is 0 Å². The molecule has 19 heavy (non-hydrogen) atoms. The molecule has 104 valence electrons. The average Bonchev–Trinajstić information content (AvgIpc) is 2.26. The number of nitro benzene ring substituents is 1. The van der Waals surface area contributed by atoms with Crippen LogP contribution in [-0.4, -0.2) is 19.9 Å². The van der Waals surface area contributed by atoms with Crippen molar-refractivity contribution >= 4 is 31.6 Å². The monoisotopic (exact) mass is 348 g/mol. The fourth-order valence-corrected chi connectivity index (χ4v) is 3.68. The summed E-state index contributed by atoms with van der Waals surface area (Å²) in [7, 11) is -3.85. The van der Waals surface area contributed by atoms with Gasteiger partial charge in [-0.3, -0.25) is 10.1 Å². The quantitative estimate of drug-likeness (QED) is 0.653. The highest BCUT2D eigenvalue weighted by Crippen LogP contribution is 2.29. The van der Waals surface area contributed by atoms with Crippen molar-refractivity contribution in [3.05, 3.63) is 32.8 Å². The largest absolute Gasteiger partial charge is 0.289 e. The first-order chi connectivity index (χ1) is 8.90. The van der Waals surface area contributed by atoms with E-state index in [0.29, 0.717) is 16.9 Å². The molecule has 0 aliphatic heterocycles. The second kappa shape index (κ2) is 5.56. The van der Waals surface area contributed by atoms with E-state index < -0.39 is 20.6 Å². The van der Waals surface area contributed by atoms with Gasteiger partial charge in [0.15, 0.2) is 4.90 Å². The minimum Gasteiger partial charge on any atom is -0.258 e. The SMILES string of the molecule is O=[N+]([O-])c1ccc(Br)cc1S(=O)(=O)NCC1CCC1. The number of rotatable bonds is 5. The molecule has 1 fully saturated rings. The number of nitro groups is 1. The maximum Gasteiger partial charge on any atom is 0.289 e. The molecule has 6 nitrogen and oxygen atoms in total. The molecule has 8 heteroatoms. The minimum absolute atomic E-state index is 0.300. The zero-order valence-electron chi connectivity index (χ0n) is 10.0. The fourth-order valence-electron chi connectivity index (χ4n) is 1.86. The second-order valence-electron chi connectivity index (χ2n) is 4.52. The van der Waals surface area contributed by atoms with Crippen LogP contribution in [0.25, 0.3) is 0 Å². The van der Waals surface area contributed by atoms with E-state index in [4.69, 9.17) is 0 Å². The smallest absolute Gasteiger partial charge is 0.258 e. The first-order valence-corrected chi connectivity index (χ1v) is 8.11. The highest BCUT2D eigenvalue weighted by Gasteiger charge is 2.27. The molecule has 0 unspecified atom stereocenters. The topological polar surface area (TPSA) is 89.3 Å². The highest BCUT2D eigenvalue weighted by atomic mass is 79.9. The molecule has 1 aromatic rings. The van der Waals surface area contributed by atoms with Crippen molar-refractivity contribution in [2.75, 3.05) is 6.54 Å². The lowest BCUT2D eigenvalue weighted by molar-refractivity contribution is -0.387. The lowest BCUT2D eigenvalue weighted by atomic mass is 9.86. The van der Waals surface area contributed by atoms with Crippen LogP contribution in [0.1, 0.15) is 19.3 Å². The van der Waals surface area contributed by atoms with Crippen LogP contribution in [0.4, 0.5) is 5.69 Å². The van der Waals surface area contributed by atoms with Crippen molar-refractivity contribution < 1.29 is 13.3 Å². The molecule has 0 radical (unpaired) electrons. The van der Waals surface area contributed by atoms with Gasteiger partial charge in [0.1, 0.15) is 0 Å². The summed E-state index contributed by atoms with van der Waals surface area (Å²) in [6.07, 6.45) is 3.12. The van der Waals surface area contributed by atoms with E-state index in [9.17, 15) is 18.5 Å². The molecule has 1 aliphatic rings. The van der Waals surface area contributed by atoms with E-state index >= 15 is 0 Å². The summed E-state index contributed by atoms with van der Waals surface area (Å²) in [6.45, 7) is 0.339. The molecule has 0 amide bonds. The summed E-state index contributed by atoms with van der Waals surface area (Å²) in [6, 6.07) is 3.88. The van der Waals surface area contributed by atoms with E-state index in [1.54, 1.807) is 0 Å². The summed E-state index contributed by atoms with van der Waals surface area (Å²) in [5.74, 6) is 0.348. The third-order valence-electron chi connectivity index (χ3n) is 3.19. The van der Waals surface area contributed by atoms with Crippen molar-refractivity contribution in [1.82, 2.24) is 4.72 Å². The Hall–Kier alpha value is -0.990. The third-order valence-corrected chi connectivity index (χ3v) is 5.14. The van der Waals surface area contributed by atoms with E-state index in [0.717, 1.165) is 19.3 Å². The Bertz CT molecular complexity index is 599. The Morgan fingerprint density at radius 1 is 1.42 bits per heavy atom. The molecule has 1 N–H and O–H groups in total. The van der Waals surface area contributed by atoms with Crippen molar-refractivity contribution in [3.8, 4) is 0 Å². The molecule has 1 aromatic carbocycles. The predicted octanol–water partition coefficient (Wildman–Crippen LogP) is 2.44. The van der Waals surface area contributed by atoms with Gasteiger partial charge in [-0.25, -0.2) is 13.1 Å². The van der Waals surface area contributed by atoms with Crippen LogP contribution in [0, 0.1) is 16.0 Å². The van der Waals surface area contributed by atoms with Gasteiger partial charge >= 0.3 is 0 Å². The normalized spacial score (nSPS) is 16.1. The maximum absolute atomic E-state index is 12.1. The lowest BCUT2D eigenvalue weighted by Gasteiger charge is -2.25. The van der Waals surface area contributed by atoms with Gasteiger partial charge in [-0.2, -0.15) is 0 Å². The van der Waals surface area contributed by atoms with Gasteiger partial charge in [0.25, 0.3) is 5.69 Å². The summed E-state index contributed by atoms with van der Waals surface area (Å²) in [5.41, 5.74) is -0.413.